The molecule has 7 heteroatoms. The van der Waals surface area contributed by atoms with Gasteiger partial charge >= 0.3 is 5.97 Å². The van der Waals surface area contributed by atoms with Gasteiger partial charge in [-0.05, 0) is 76.2 Å². The van der Waals surface area contributed by atoms with E-state index in [1.54, 1.807) is 37.5 Å². The normalized spacial score (nSPS) is 11.1. The summed E-state index contributed by atoms with van der Waals surface area (Å²) in [6.45, 7) is 7.59. The molecule has 0 aliphatic rings. The minimum atomic E-state index is -0.575. The average Bonchev–Trinajstić information content (AvgIpc) is 3.48. The first-order chi connectivity index (χ1) is 15.8. The number of Topliss-reactive ketones (excluding diaryl/α,β-unsaturated/α-hetero) is 1. The summed E-state index contributed by atoms with van der Waals surface area (Å²) in [6.07, 6.45) is 1.61. The number of rotatable bonds is 7. The van der Waals surface area contributed by atoms with Crippen molar-refractivity contribution in [3.8, 4) is 5.69 Å². The molecule has 4 rings (SSSR count). The number of carbonyl (C=O) groups is 2. The number of furan rings is 1. The summed E-state index contributed by atoms with van der Waals surface area (Å²) in [6, 6.07) is 13.2. The Kier molecular flexibility index (Phi) is 6.05. The van der Waals surface area contributed by atoms with E-state index in [2.05, 4.69) is 0 Å². The first-order valence-electron chi connectivity index (χ1n) is 10.6. The zero-order valence-corrected chi connectivity index (χ0v) is 19.0. The van der Waals surface area contributed by atoms with E-state index in [0.29, 0.717) is 23.4 Å². The van der Waals surface area contributed by atoms with E-state index in [1.807, 2.05) is 42.0 Å². The zero-order valence-electron chi connectivity index (χ0n) is 19.0. The van der Waals surface area contributed by atoms with Gasteiger partial charge < -0.3 is 18.3 Å². The second kappa shape index (κ2) is 8.94. The highest BCUT2D eigenvalue weighted by Crippen LogP contribution is 2.23. The molecular formula is C26H25FN2O4. The lowest BCUT2D eigenvalue weighted by molar-refractivity contribution is 0.0474. The van der Waals surface area contributed by atoms with Gasteiger partial charge in [-0.25, -0.2) is 9.18 Å². The molecular weight excluding hydrogens is 423 g/mol. The second-order valence-electron chi connectivity index (χ2n) is 8.05. The van der Waals surface area contributed by atoms with Crippen LogP contribution < -0.4 is 0 Å². The van der Waals surface area contributed by atoms with Crippen molar-refractivity contribution in [3.63, 3.8) is 0 Å². The number of benzene rings is 1. The molecule has 0 saturated heterocycles. The molecule has 0 amide bonds. The number of nitrogens with zero attached hydrogens (tertiary/aromatic N) is 2. The van der Waals surface area contributed by atoms with Crippen LogP contribution in [0.25, 0.3) is 5.69 Å². The van der Waals surface area contributed by atoms with Gasteiger partial charge in [0, 0.05) is 34.0 Å². The first kappa shape index (κ1) is 22.3. The van der Waals surface area contributed by atoms with Crippen LogP contribution in [0.1, 0.15) is 49.3 Å². The summed E-state index contributed by atoms with van der Waals surface area (Å²) in [5, 5.41) is 0. The molecule has 0 atom stereocenters. The zero-order chi connectivity index (χ0) is 23.7. The molecule has 0 saturated carbocycles. The van der Waals surface area contributed by atoms with Gasteiger partial charge in [-0.3, -0.25) is 4.79 Å². The Morgan fingerprint density at radius 1 is 0.939 bits per heavy atom. The molecule has 0 N–H and O–H groups in total. The molecule has 1 aromatic carbocycles. The highest BCUT2D eigenvalue weighted by atomic mass is 19.1. The second-order valence-corrected chi connectivity index (χ2v) is 8.05. The molecule has 170 valence electrons. The first-order valence-corrected chi connectivity index (χ1v) is 10.6. The Hall–Kier alpha value is -3.87. The van der Waals surface area contributed by atoms with E-state index in [-0.39, 0.29) is 18.2 Å². The van der Waals surface area contributed by atoms with E-state index in [9.17, 15) is 14.0 Å². The molecule has 0 bridgehead atoms. The Morgan fingerprint density at radius 3 is 2.30 bits per heavy atom. The molecule has 0 fully saturated rings. The van der Waals surface area contributed by atoms with Gasteiger partial charge in [-0.1, -0.05) is 0 Å². The van der Waals surface area contributed by atoms with Gasteiger partial charge in [0.25, 0.3) is 0 Å². The average molecular weight is 448 g/mol. The van der Waals surface area contributed by atoms with Crippen LogP contribution in [0.3, 0.4) is 0 Å². The molecule has 0 aliphatic carbocycles. The van der Waals surface area contributed by atoms with Crippen molar-refractivity contribution in [2.75, 3.05) is 6.61 Å². The maximum atomic E-state index is 13.3. The number of halogens is 1. The largest absolute Gasteiger partial charge is 0.467 e. The predicted molar refractivity (Wildman–Crippen MR) is 122 cm³/mol. The predicted octanol–water partition coefficient (Wildman–Crippen LogP) is 5.33. The van der Waals surface area contributed by atoms with E-state index >= 15 is 0 Å². The van der Waals surface area contributed by atoms with Crippen molar-refractivity contribution < 1.29 is 23.1 Å². The van der Waals surface area contributed by atoms with Crippen LogP contribution in [-0.2, 0) is 11.3 Å². The highest BCUT2D eigenvalue weighted by Gasteiger charge is 2.21. The van der Waals surface area contributed by atoms with E-state index in [4.69, 9.17) is 9.15 Å². The number of aryl methyl sites for hydroxylation is 2. The molecule has 0 unspecified atom stereocenters. The minimum Gasteiger partial charge on any atom is -0.467 e. The Morgan fingerprint density at radius 2 is 1.64 bits per heavy atom. The van der Waals surface area contributed by atoms with Crippen molar-refractivity contribution in [1.82, 2.24) is 9.13 Å². The quantitative estimate of drug-likeness (QED) is 0.283. The van der Waals surface area contributed by atoms with Crippen molar-refractivity contribution in [2.45, 2.75) is 34.2 Å². The van der Waals surface area contributed by atoms with E-state index < -0.39 is 5.97 Å². The molecule has 0 spiro atoms. The van der Waals surface area contributed by atoms with Crippen LogP contribution in [0.2, 0.25) is 0 Å². The SMILES string of the molecule is Cc1cc(C(=O)COC(=O)c2cc(C)n(-c3ccc(F)cc3)c2C)c(C)n1Cc1ccco1. The fraction of sp³-hybridized carbons (Fsp3) is 0.231. The van der Waals surface area contributed by atoms with E-state index in [1.165, 1.54) is 12.1 Å². The smallest absolute Gasteiger partial charge is 0.340 e. The summed E-state index contributed by atoms with van der Waals surface area (Å²) in [5.74, 6) is -0.384. The third-order valence-electron chi connectivity index (χ3n) is 5.84. The highest BCUT2D eigenvalue weighted by molar-refractivity contribution is 6.00. The summed E-state index contributed by atoms with van der Waals surface area (Å²) in [7, 11) is 0. The molecule has 33 heavy (non-hydrogen) atoms. The minimum absolute atomic E-state index is 0.269. The molecule has 0 radical (unpaired) electrons. The molecule has 3 aromatic heterocycles. The van der Waals surface area contributed by atoms with Gasteiger partial charge in [0.2, 0.25) is 5.78 Å². The Bertz CT molecular complexity index is 1310. The molecule has 0 aliphatic heterocycles. The van der Waals surface area contributed by atoms with Gasteiger partial charge in [0.15, 0.2) is 6.61 Å². The monoisotopic (exact) mass is 448 g/mol. The number of esters is 1. The maximum Gasteiger partial charge on any atom is 0.340 e. The van der Waals surface area contributed by atoms with Crippen LogP contribution in [-0.4, -0.2) is 27.5 Å². The number of carbonyl (C=O) groups excluding carboxylic acids is 2. The van der Waals surface area contributed by atoms with Crippen molar-refractivity contribution >= 4 is 11.8 Å². The fourth-order valence-electron chi connectivity index (χ4n) is 4.13. The van der Waals surface area contributed by atoms with Crippen molar-refractivity contribution in [1.29, 1.82) is 0 Å². The topological polar surface area (TPSA) is 66.4 Å². The van der Waals surface area contributed by atoms with Crippen LogP contribution in [0.15, 0.2) is 59.2 Å². The third-order valence-corrected chi connectivity index (χ3v) is 5.84. The Labute approximate surface area is 191 Å². The molecule has 6 nitrogen and oxygen atoms in total. The number of ketones is 1. The van der Waals surface area contributed by atoms with Crippen LogP contribution in [0.5, 0.6) is 0 Å². The van der Waals surface area contributed by atoms with Crippen molar-refractivity contribution in [3.05, 3.63) is 100 Å². The lowest BCUT2D eigenvalue weighted by atomic mass is 10.1. The summed E-state index contributed by atoms with van der Waals surface area (Å²) < 4.78 is 27.9. The lowest BCUT2D eigenvalue weighted by Crippen LogP contribution is -2.15. The van der Waals surface area contributed by atoms with Crippen LogP contribution in [0.4, 0.5) is 4.39 Å². The van der Waals surface area contributed by atoms with E-state index in [0.717, 1.165) is 28.5 Å². The van der Waals surface area contributed by atoms with Crippen LogP contribution in [0, 0.1) is 33.5 Å². The Balaban J connectivity index is 1.48. The van der Waals surface area contributed by atoms with Gasteiger partial charge in [-0.15, -0.1) is 0 Å². The molecule has 3 heterocycles. The third kappa shape index (κ3) is 4.39. The van der Waals surface area contributed by atoms with Gasteiger partial charge in [0.1, 0.15) is 11.6 Å². The van der Waals surface area contributed by atoms with Crippen LogP contribution >= 0.6 is 0 Å². The number of hydrogen-bond donors (Lipinski definition) is 0. The maximum absolute atomic E-state index is 13.3. The fourth-order valence-corrected chi connectivity index (χ4v) is 4.13. The van der Waals surface area contributed by atoms with Gasteiger partial charge in [-0.2, -0.15) is 0 Å². The molecule has 4 aromatic rings. The van der Waals surface area contributed by atoms with Crippen molar-refractivity contribution in [2.24, 2.45) is 0 Å². The number of ether oxygens (including phenoxy) is 1. The standard InChI is InChI=1S/C26H25FN2O4/c1-16-12-23(18(3)28(16)14-22-6-5-11-32-22)25(30)15-33-26(31)24-13-17(2)29(19(24)4)21-9-7-20(27)8-10-21/h5-13H,14-15H2,1-4H3. The number of aromatic nitrogens is 2. The summed E-state index contributed by atoms with van der Waals surface area (Å²) >= 11 is 0. The summed E-state index contributed by atoms with van der Waals surface area (Å²) in [5.41, 5.74) is 4.80. The lowest BCUT2D eigenvalue weighted by Gasteiger charge is -2.10. The summed E-state index contributed by atoms with van der Waals surface area (Å²) in [4.78, 5) is 25.6. The number of hydrogen-bond acceptors (Lipinski definition) is 4. The van der Waals surface area contributed by atoms with Gasteiger partial charge in [0.05, 0.1) is 18.4 Å².